The molecule has 1 amide bonds. The molecule has 3 heterocycles. The van der Waals surface area contributed by atoms with Crippen LogP contribution >= 0.6 is 23.4 Å². The van der Waals surface area contributed by atoms with E-state index in [1.807, 2.05) is 18.2 Å². The number of anilines is 1. The third-order valence-corrected chi connectivity index (χ3v) is 10.5. The van der Waals surface area contributed by atoms with E-state index < -0.39 is 0 Å². The molecule has 3 aliphatic rings. The monoisotopic (exact) mass is 616 g/mol. The van der Waals surface area contributed by atoms with E-state index >= 15 is 0 Å². The molecule has 0 spiro atoms. The molecular weight excluding hydrogens is 579 g/mol. The summed E-state index contributed by atoms with van der Waals surface area (Å²) in [5, 5.41) is 2.55. The number of halogens is 2. The van der Waals surface area contributed by atoms with E-state index in [0.29, 0.717) is 29.0 Å². The largest absolute Gasteiger partial charge is 0.307 e. The van der Waals surface area contributed by atoms with Crippen molar-refractivity contribution >= 4 is 40.7 Å². The van der Waals surface area contributed by atoms with Gasteiger partial charge in [-0.3, -0.25) is 9.59 Å². The Morgan fingerprint density at radius 3 is 2.63 bits per heavy atom. The lowest BCUT2D eigenvalue weighted by Gasteiger charge is -2.32. The van der Waals surface area contributed by atoms with Gasteiger partial charge in [-0.2, -0.15) is 0 Å². The van der Waals surface area contributed by atoms with E-state index in [1.54, 1.807) is 16.7 Å². The number of fused-ring (bicyclic) bond motifs is 2. The number of benzene rings is 3. The molecule has 1 atom stereocenters. The van der Waals surface area contributed by atoms with Gasteiger partial charge < -0.3 is 9.80 Å². The van der Waals surface area contributed by atoms with Crippen LogP contribution in [0, 0.1) is 17.7 Å². The minimum atomic E-state index is -0.388. The Kier molecular flexibility index (Phi) is 9.66. The first-order valence-corrected chi connectivity index (χ1v) is 16.9. The van der Waals surface area contributed by atoms with Gasteiger partial charge in [0.1, 0.15) is 5.82 Å². The van der Waals surface area contributed by atoms with Gasteiger partial charge in [-0.25, -0.2) is 4.39 Å². The molecule has 4 nitrogen and oxygen atoms in total. The number of piperidine rings is 1. The smallest absolute Gasteiger partial charge is 0.234 e. The molecule has 43 heavy (non-hydrogen) atoms. The number of likely N-dealkylation sites (tertiary alicyclic amines) is 1. The zero-order valence-corrected chi connectivity index (χ0v) is 26.0. The summed E-state index contributed by atoms with van der Waals surface area (Å²) in [5.41, 5.74) is 5.45. The lowest BCUT2D eigenvalue weighted by atomic mass is 9.90. The lowest BCUT2D eigenvalue weighted by molar-refractivity contribution is -0.121. The second kappa shape index (κ2) is 13.8. The number of thioether (sulfide) groups is 1. The van der Waals surface area contributed by atoms with Crippen LogP contribution in [0.5, 0.6) is 0 Å². The highest BCUT2D eigenvalue weighted by molar-refractivity contribution is 8.02. The van der Waals surface area contributed by atoms with Crippen molar-refractivity contribution < 1.29 is 14.0 Å². The van der Waals surface area contributed by atoms with Crippen LogP contribution < -0.4 is 4.90 Å². The number of carbonyl (C=O) groups is 2. The predicted molar refractivity (Wildman–Crippen MR) is 174 cm³/mol. The van der Waals surface area contributed by atoms with Crippen LogP contribution in [0.15, 0.2) is 77.7 Å². The van der Waals surface area contributed by atoms with Crippen molar-refractivity contribution in [2.45, 2.75) is 51.5 Å². The Hall–Kier alpha value is -2.93. The summed E-state index contributed by atoms with van der Waals surface area (Å²) in [6, 6.07) is 20.8. The van der Waals surface area contributed by atoms with Gasteiger partial charge in [0.05, 0.1) is 12.5 Å². The van der Waals surface area contributed by atoms with Gasteiger partial charge in [0.25, 0.3) is 0 Å². The van der Waals surface area contributed by atoms with Crippen LogP contribution in [-0.4, -0.2) is 42.0 Å². The number of rotatable bonds is 9. The molecule has 6 rings (SSSR count). The van der Waals surface area contributed by atoms with E-state index in [4.69, 9.17) is 11.6 Å². The highest BCUT2D eigenvalue weighted by Crippen LogP contribution is 2.39. The molecule has 0 aliphatic carbocycles. The van der Waals surface area contributed by atoms with E-state index in [2.05, 4.69) is 40.6 Å². The van der Waals surface area contributed by atoms with Crippen LogP contribution in [0.1, 0.15) is 59.2 Å². The van der Waals surface area contributed by atoms with E-state index in [0.717, 1.165) is 67.4 Å². The maximum absolute atomic E-state index is 14.2. The molecule has 3 aromatic rings. The highest BCUT2D eigenvalue weighted by atomic mass is 35.5. The van der Waals surface area contributed by atoms with Crippen LogP contribution in [0.25, 0.3) is 0 Å². The minimum Gasteiger partial charge on any atom is -0.307 e. The topological polar surface area (TPSA) is 40.6 Å². The number of ketones is 1. The Balaban J connectivity index is 1.12. The fraction of sp³-hybridized carbons (Fsp3) is 0.389. The first-order chi connectivity index (χ1) is 20.9. The average molecular weight is 617 g/mol. The van der Waals surface area contributed by atoms with E-state index in [-0.39, 0.29) is 30.0 Å². The van der Waals surface area contributed by atoms with Gasteiger partial charge >= 0.3 is 0 Å². The van der Waals surface area contributed by atoms with Crippen molar-refractivity contribution in [3.05, 3.63) is 111 Å². The number of amides is 1. The second-order valence-corrected chi connectivity index (χ2v) is 13.5. The van der Waals surface area contributed by atoms with Crippen LogP contribution in [-0.2, 0) is 24.2 Å². The Bertz CT molecular complexity index is 1500. The Morgan fingerprint density at radius 1 is 1.00 bits per heavy atom. The molecule has 0 radical (unpaired) electrons. The summed E-state index contributed by atoms with van der Waals surface area (Å²) in [5.74, 6) is 1.10. The molecule has 1 saturated heterocycles. The van der Waals surface area contributed by atoms with Crippen molar-refractivity contribution in [3.8, 4) is 0 Å². The third-order valence-electron chi connectivity index (χ3n) is 9.15. The minimum absolute atomic E-state index is 0.00843. The summed E-state index contributed by atoms with van der Waals surface area (Å²) in [7, 11) is 0. The number of carbonyl (C=O) groups excluding carboxylic acids is 2. The molecular formula is C36H38ClFN2O2S. The number of hydrogen-bond donors (Lipinski definition) is 0. The maximum atomic E-state index is 14.2. The molecule has 0 aromatic heterocycles. The van der Waals surface area contributed by atoms with E-state index in [9.17, 15) is 14.0 Å². The summed E-state index contributed by atoms with van der Waals surface area (Å²) >= 11 is 8.18. The van der Waals surface area contributed by atoms with Gasteiger partial charge in [0, 0.05) is 22.7 Å². The number of nitrogens with zero attached hydrogens (tertiary/aromatic N) is 2. The van der Waals surface area contributed by atoms with E-state index in [1.165, 1.54) is 36.6 Å². The van der Waals surface area contributed by atoms with Crippen molar-refractivity contribution in [2.24, 2.45) is 11.8 Å². The van der Waals surface area contributed by atoms with Crippen LogP contribution in [0.3, 0.4) is 0 Å². The van der Waals surface area contributed by atoms with Gasteiger partial charge in [0.15, 0.2) is 5.78 Å². The Labute approximate surface area is 263 Å². The predicted octanol–water partition coefficient (Wildman–Crippen LogP) is 8.12. The van der Waals surface area contributed by atoms with Gasteiger partial charge in [-0.1, -0.05) is 54.1 Å². The summed E-state index contributed by atoms with van der Waals surface area (Å²) in [6.07, 6.45) is 6.26. The lowest BCUT2D eigenvalue weighted by Crippen LogP contribution is -2.36. The number of hydrogen-bond acceptors (Lipinski definition) is 4. The van der Waals surface area contributed by atoms with Crippen molar-refractivity contribution in [3.63, 3.8) is 0 Å². The van der Waals surface area contributed by atoms with Gasteiger partial charge in [-0.15, -0.1) is 11.8 Å². The molecule has 0 N–H and O–H groups in total. The standard InChI is InChI=1S/C36H38ClFN2O2S/c37-33-11-10-31(38)21-29(33)23-40-34-22-28(9-8-27(34)20-30-24-43-18-14-32(30)36(40)42)35(41)7-4-15-39-16-12-26(13-17-39)19-25-5-2-1-3-6-25/h1-3,5-6,8-11,21-22,24,26,32H,4,7,12-20,23H2/t32-/m1/s1. The van der Waals surface area contributed by atoms with Crippen molar-refractivity contribution in [1.29, 1.82) is 0 Å². The third kappa shape index (κ3) is 7.25. The highest BCUT2D eigenvalue weighted by Gasteiger charge is 2.35. The first kappa shape index (κ1) is 30.1. The number of Topliss-reactive ketones (excluding diaryl/α,β-unsaturated/α-hetero) is 1. The zero-order valence-electron chi connectivity index (χ0n) is 24.4. The molecule has 3 aliphatic heterocycles. The molecule has 1 fully saturated rings. The molecule has 7 heteroatoms. The molecule has 0 bridgehead atoms. The molecule has 0 saturated carbocycles. The molecule has 3 aromatic carbocycles. The fourth-order valence-corrected chi connectivity index (χ4v) is 7.83. The molecule has 0 unspecified atom stereocenters. The van der Waals surface area contributed by atoms with Crippen LogP contribution in [0.4, 0.5) is 10.1 Å². The quantitative estimate of drug-likeness (QED) is 0.228. The zero-order chi connectivity index (χ0) is 29.8. The fourth-order valence-electron chi connectivity index (χ4n) is 6.70. The maximum Gasteiger partial charge on any atom is 0.234 e. The summed E-state index contributed by atoms with van der Waals surface area (Å²) in [6.45, 7) is 3.25. The SMILES string of the molecule is O=C(CCCN1CCC(Cc2ccccc2)CC1)c1ccc2c(c1)N(Cc1cc(F)ccc1Cl)C(=O)[C@@H]1CCSC=C1C2. The van der Waals surface area contributed by atoms with Crippen molar-refractivity contribution in [1.82, 2.24) is 4.90 Å². The van der Waals surface area contributed by atoms with Gasteiger partial charge in [0.2, 0.25) is 5.91 Å². The Morgan fingerprint density at radius 2 is 1.81 bits per heavy atom. The van der Waals surface area contributed by atoms with Crippen molar-refractivity contribution in [2.75, 3.05) is 30.3 Å². The first-order valence-electron chi connectivity index (χ1n) is 15.4. The normalized spacial score (nSPS) is 19.4. The second-order valence-electron chi connectivity index (χ2n) is 12.1. The average Bonchev–Trinajstić information content (AvgIpc) is 3.14. The summed E-state index contributed by atoms with van der Waals surface area (Å²) in [4.78, 5) is 31.6. The van der Waals surface area contributed by atoms with Crippen LogP contribution in [0.2, 0.25) is 5.02 Å². The summed E-state index contributed by atoms with van der Waals surface area (Å²) < 4.78 is 14.2. The van der Waals surface area contributed by atoms with Gasteiger partial charge in [-0.05, 0) is 122 Å². The molecule has 224 valence electrons.